The van der Waals surface area contributed by atoms with Crippen LogP contribution in [0.1, 0.15) is 29.6 Å². The first-order chi connectivity index (χ1) is 16.1. The first-order valence-corrected chi connectivity index (χ1v) is 12.6. The molecule has 0 saturated heterocycles. The molecule has 3 heterocycles. The van der Waals surface area contributed by atoms with Crippen LogP contribution in [0.15, 0.2) is 46.9 Å². The summed E-state index contributed by atoms with van der Waals surface area (Å²) in [7, 11) is 0. The zero-order chi connectivity index (χ0) is 22.8. The zero-order valence-electron chi connectivity index (χ0n) is 18.7. The number of ether oxygens (including phenoxy) is 3. The summed E-state index contributed by atoms with van der Waals surface area (Å²) in [6.45, 7) is 7.69. The highest BCUT2D eigenvalue weighted by molar-refractivity contribution is 7.98. The third kappa shape index (κ3) is 4.56. The molecule has 33 heavy (non-hydrogen) atoms. The van der Waals surface area contributed by atoms with Gasteiger partial charge < -0.3 is 18.8 Å². The van der Waals surface area contributed by atoms with Crippen LogP contribution in [0.3, 0.4) is 0 Å². The zero-order valence-corrected chi connectivity index (χ0v) is 20.3. The molecular formula is C24H24N4O3S2. The monoisotopic (exact) mass is 480 g/mol. The predicted octanol–water partition coefficient (Wildman–Crippen LogP) is 5.64. The molecule has 0 unspecified atom stereocenters. The van der Waals surface area contributed by atoms with E-state index >= 15 is 0 Å². The summed E-state index contributed by atoms with van der Waals surface area (Å²) in [5.74, 6) is 3.97. The number of thiazole rings is 1. The third-order valence-electron chi connectivity index (χ3n) is 5.54. The Kier molecular flexibility index (Phi) is 6.24. The molecule has 2 aromatic heterocycles. The number of hydrogen-bond acceptors (Lipinski definition) is 8. The number of aryl methyl sites for hydroxylation is 1. The molecule has 1 aliphatic rings. The largest absolute Gasteiger partial charge is 0.485 e. The van der Waals surface area contributed by atoms with E-state index < -0.39 is 0 Å². The topological polar surface area (TPSA) is 71.3 Å². The van der Waals surface area contributed by atoms with Crippen LogP contribution in [0.2, 0.25) is 0 Å². The van der Waals surface area contributed by atoms with Crippen molar-refractivity contribution in [2.24, 2.45) is 0 Å². The summed E-state index contributed by atoms with van der Waals surface area (Å²) < 4.78 is 19.0. The summed E-state index contributed by atoms with van der Waals surface area (Å²) in [5.41, 5.74) is 4.40. The van der Waals surface area contributed by atoms with Crippen LogP contribution in [-0.4, -0.2) is 26.5 Å². The lowest BCUT2D eigenvalue weighted by Gasteiger charge is -2.11. The van der Waals surface area contributed by atoms with Gasteiger partial charge in [0.05, 0.1) is 5.69 Å². The van der Waals surface area contributed by atoms with Crippen LogP contribution < -0.4 is 14.2 Å². The van der Waals surface area contributed by atoms with Crippen molar-refractivity contribution in [2.75, 3.05) is 6.79 Å². The number of rotatable bonds is 8. The second kappa shape index (κ2) is 9.44. The number of benzene rings is 2. The molecule has 9 heteroatoms. The highest BCUT2D eigenvalue weighted by Gasteiger charge is 2.17. The van der Waals surface area contributed by atoms with Gasteiger partial charge in [0.2, 0.25) is 6.79 Å². The van der Waals surface area contributed by atoms with Crippen molar-refractivity contribution < 1.29 is 14.2 Å². The number of hydrogen-bond donors (Lipinski definition) is 0. The SMILES string of the molecule is CCn1c(COc2cccc(C)c2C)nnc1SCc1csc(-c2ccc3c(c2)OCO3)n1. The minimum absolute atomic E-state index is 0.272. The maximum atomic E-state index is 6.04. The Morgan fingerprint density at radius 3 is 2.88 bits per heavy atom. The normalized spacial score (nSPS) is 12.3. The van der Waals surface area contributed by atoms with Gasteiger partial charge in [0.25, 0.3) is 0 Å². The number of aromatic nitrogens is 4. The van der Waals surface area contributed by atoms with E-state index in [2.05, 4.69) is 47.0 Å². The molecule has 0 saturated carbocycles. The van der Waals surface area contributed by atoms with E-state index in [4.69, 9.17) is 19.2 Å². The van der Waals surface area contributed by atoms with E-state index in [0.29, 0.717) is 6.61 Å². The molecule has 0 bridgehead atoms. The second-order valence-electron chi connectivity index (χ2n) is 7.63. The van der Waals surface area contributed by atoms with Gasteiger partial charge in [0.15, 0.2) is 22.5 Å². The van der Waals surface area contributed by atoms with Crippen molar-refractivity contribution >= 4 is 23.1 Å². The Labute approximate surface area is 200 Å². The van der Waals surface area contributed by atoms with E-state index in [-0.39, 0.29) is 6.79 Å². The van der Waals surface area contributed by atoms with Gasteiger partial charge in [-0.1, -0.05) is 23.9 Å². The minimum atomic E-state index is 0.272. The van der Waals surface area contributed by atoms with Crippen LogP contribution in [0, 0.1) is 13.8 Å². The Morgan fingerprint density at radius 1 is 1.12 bits per heavy atom. The Morgan fingerprint density at radius 2 is 2.00 bits per heavy atom. The quantitative estimate of drug-likeness (QED) is 0.302. The van der Waals surface area contributed by atoms with Crippen LogP contribution in [0.4, 0.5) is 0 Å². The van der Waals surface area contributed by atoms with E-state index in [1.165, 1.54) is 5.56 Å². The molecule has 7 nitrogen and oxygen atoms in total. The highest BCUT2D eigenvalue weighted by atomic mass is 32.2. The molecule has 0 spiro atoms. The van der Waals surface area contributed by atoms with Crippen molar-refractivity contribution in [1.82, 2.24) is 19.7 Å². The van der Waals surface area contributed by atoms with E-state index in [1.54, 1.807) is 23.1 Å². The highest BCUT2D eigenvalue weighted by Crippen LogP contribution is 2.37. The fraction of sp³-hybridized carbons (Fsp3) is 0.292. The molecule has 1 aliphatic heterocycles. The summed E-state index contributed by atoms with van der Waals surface area (Å²) in [6, 6.07) is 12.0. The third-order valence-corrected chi connectivity index (χ3v) is 7.48. The smallest absolute Gasteiger partial charge is 0.231 e. The summed E-state index contributed by atoms with van der Waals surface area (Å²) in [6.07, 6.45) is 0. The van der Waals surface area contributed by atoms with E-state index in [1.807, 2.05) is 30.3 Å². The summed E-state index contributed by atoms with van der Waals surface area (Å²) in [4.78, 5) is 4.80. The number of nitrogens with zero attached hydrogens (tertiary/aromatic N) is 4. The van der Waals surface area contributed by atoms with Crippen LogP contribution in [-0.2, 0) is 18.9 Å². The van der Waals surface area contributed by atoms with Crippen molar-refractivity contribution in [3.8, 4) is 27.8 Å². The van der Waals surface area contributed by atoms with E-state index in [0.717, 1.165) is 62.4 Å². The van der Waals surface area contributed by atoms with Gasteiger partial charge in [-0.25, -0.2) is 4.98 Å². The lowest BCUT2D eigenvalue weighted by atomic mass is 10.1. The Bertz CT molecular complexity index is 1280. The molecule has 2 aromatic carbocycles. The standard InChI is InChI=1S/C24H24N4O3S2/c1-4-28-22(11-29-19-7-5-6-15(2)16(19)3)26-27-24(28)33-13-18-12-32-23(25-18)17-8-9-20-21(10-17)31-14-30-20/h5-10,12H,4,11,13-14H2,1-3H3. The predicted molar refractivity (Wildman–Crippen MR) is 129 cm³/mol. The van der Waals surface area contributed by atoms with Gasteiger partial charge in [-0.3, -0.25) is 0 Å². The van der Waals surface area contributed by atoms with Gasteiger partial charge in [-0.15, -0.1) is 21.5 Å². The molecule has 0 fully saturated rings. The second-order valence-corrected chi connectivity index (χ2v) is 9.43. The molecule has 170 valence electrons. The van der Waals surface area contributed by atoms with Gasteiger partial charge in [0, 0.05) is 23.2 Å². The number of thioether (sulfide) groups is 1. The molecule has 4 aromatic rings. The van der Waals surface area contributed by atoms with Gasteiger partial charge in [-0.05, 0) is 56.2 Å². The molecule has 0 N–H and O–H groups in total. The van der Waals surface area contributed by atoms with Gasteiger partial charge in [-0.2, -0.15) is 0 Å². The van der Waals surface area contributed by atoms with Crippen molar-refractivity contribution in [2.45, 2.75) is 44.8 Å². The maximum Gasteiger partial charge on any atom is 0.231 e. The lowest BCUT2D eigenvalue weighted by Crippen LogP contribution is -2.07. The maximum absolute atomic E-state index is 6.04. The molecule has 0 atom stereocenters. The lowest BCUT2D eigenvalue weighted by molar-refractivity contribution is 0.174. The summed E-state index contributed by atoms with van der Waals surface area (Å²) >= 11 is 3.26. The molecule has 0 radical (unpaired) electrons. The summed E-state index contributed by atoms with van der Waals surface area (Å²) in [5, 5.41) is 12.7. The molecular weight excluding hydrogens is 456 g/mol. The van der Waals surface area contributed by atoms with Crippen LogP contribution in [0.5, 0.6) is 17.2 Å². The van der Waals surface area contributed by atoms with Crippen LogP contribution >= 0.6 is 23.1 Å². The average Bonchev–Trinajstić information content (AvgIpc) is 3.57. The van der Waals surface area contributed by atoms with Crippen molar-refractivity contribution in [3.05, 3.63) is 64.4 Å². The van der Waals surface area contributed by atoms with Crippen molar-refractivity contribution in [1.29, 1.82) is 0 Å². The fourth-order valence-corrected chi connectivity index (χ4v) is 5.38. The molecule has 0 amide bonds. The fourth-order valence-electron chi connectivity index (χ4n) is 3.55. The number of fused-ring (bicyclic) bond motifs is 1. The van der Waals surface area contributed by atoms with Crippen molar-refractivity contribution in [3.63, 3.8) is 0 Å². The first kappa shape index (κ1) is 21.8. The van der Waals surface area contributed by atoms with Gasteiger partial charge in [0.1, 0.15) is 17.4 Å². The van der Waals surface area contributed by atoms with Crippen LogP contribution in [0.25, 0.3) is 10.6 Å². The Balaban J connectivity index is 1.24. The average molecular weight is 481 g/mol. The Hall–Kier alpha value is -3.04. The van der Waals surface area contributed by atoms with E-state index in [9.17, 15) is 0 Å². The minimum Gasteiger partial charge on any atom is -0.485 e. The van der Waals surface area contributed by atoms with Gasteiger partial charge >= 0.3 is 0 Å². The molecule has 5 rings (SSSR count). The first-order valence-electron chi connectivity index (χ1n) is 10.7. The molecule has 0 aliphatic carbocycles.